The van der Waals surface area contributed by atoms with E-state index in [0.717, 1.165) is 58.7 Å². The number of hydrogen-bond donors (Lipinski definition) is 3. The molecule has 2 rings (SSSR count). The van der Waals surface area contributed by atoms with Crippen LogP contribution in [0.2, 0.25) is 0 Å². The lowest BCUT2D eigenvalue weighted by Crippen LogP contribution is -2.47. The third kappa shape index (κ3) is 9.79. The van der Waals surface area contributed by atoms with Gasteiger partial charge in [-0.3, -0.25) is 0 Å². The molecule has 0 bridgehead atoms. The highest BCUT2D eigenvalue weighted by molar-refractivity contribution is 7.89. The third-order valence-corrected chi connectivity index (χ3v) is 6.77. The Balaban J connectivity index is 1.56. The van der Waals surface area contributed by atoms with Crippen molar-refractivity contribution < 1.29 is 18.3 Å². The minimum atomic E-state index is -3.49. The molecule has 0 saturated carbocycles. The average Bonchev–Trinajstić information content (AvgIpc) is 2.72. The minimum absolute atomic E-state index is 0.235. The average molecular weight is 454 g/mol. The van der Waals surface area contributed by atoms with E-state index in [1.54, 1.807) is 18.2 Å². The molecule has 0 amide bonds. The van der Waals surface area contributed by atoms with Crippen molar-refractivity contribution in [2.45, 2.75) is 17.7 Å². The van der Waals surface area contributed by atoms with Crippen LogP contribution in [0.15, 0.2) is 41.3 Å². The van der Waals surface area contributed by atoms with Gasteiger partial charge in [-0.2, -0.15) is 0 Å². The number of rotatable bonds is 13. The Morgan fingerprint density at radius 1 is 1.13 bits per heavy atom. The Kier molecular flexibility index (Phi) is 10.4. The summed E-state index contributed by atoms with van der Waals surface area (Å²) >= 11 is 0. The van der Waals surface area contributed by atoms with Crippen molar-refractivity contribution in [2.75, 3.05) is 71.7 Å². The topological polar surface area (TPSA) is 119 Å². The molecule has 31 heavy (non-hydrogen) atoms. The number of carboxylic acid groups (broad SMARTS) is 1. The second-order valence-electron chi connectivity index (χ2n) is 7.86. The fourth-order valence-electron chi connectivity index (χ4n) is 3.47. The van der Waals surface area contributed by atoms with Gasteiger partial charge in [0.1, 0.15) is 0 Å². The van der Waals surface area contributed by atoms with Crippen molar-refractivity contribution in [3.8, 4) is 0 Å². The predicted octanol–water partition coefficient (Wildman–Crippen LogP) is 0.518. The van der Waals surface area contributed by atoms with Gasteiger partial charge in [0.2, 0.25) is 10.0 Å². The van der Waals surface area contributed by atoms with Gasteiger partial charge in [0.25, 0.3) is 0 Å². The van der Waals surface area contributed by atoms with Crippen LogP contribution in [0.5, 0.6) is 0 Å². The van der Waals surface area contributed by atoms with Crippen molar-refractivity contribution in [3.05, 3.63) is 36.4 Å². The van der Waals surface area contributed by atoms with Crippen LogP contribution in [0.4, 0.5) is 5.69 Å². The van der Waals surface area contributed by atoms with Crippen LogP contribution in [0.1, 0.15) is 12.8 Å². The number of nitrogens with two attached hydrogens (primary N) is 1. The first-order valence-corrected chi connectivity index (χ1v) is 12.1. The van der Waals surface area contributed by atoms with Crippen molar-refractivity contribution in [3.63, 3.8) is 0 Å². The first kappa shape index (κ1) is 25.3. The maximum absolute atomic E-state index is 12.3. The summed E-state index contributed by atoms with van der Waals surface area (Å²) in [4.78, 5) is 17.6. The Morgan fingerprint density at radius 2 is 1.71 bits per heavy atom. The molecule has 1 aromatic carbocycles. The summed E-state index contributed by atoms with van der Waals surface area (Å²) in [6, 6.07) is 6.20. The summed E-state index contributed by atoms with van der Waals surface area (Å²) in [5.41, 5.74) is 6.14. The van der Waals surface area contributed by atoms with E-state index < -0.39 is 16.0 Å². The largest absolute Gasteiger partial charge is 0.478 e. The standard InChI is InChI=1S/C21H35N5O4S/c1-24(11-2-5-21(27)28)12-4-14-26-17-15-25(16-18-26)13-3-10-23-31(29,30)20-8-6-19(22)7-9-20/h2,5-9,23H,3-4,10-18,22H2,1H3,(H,27,28)/b5-2+. The molecule has 0 radical (unpaired) electrons. The molecule has 0 unspecified atom stereocenters. The summed E-state index contributed by atoms with van der Waals surface area (Å²) in [6.45, 7) is 7.89. The molecule has 1 saturated heterocycles. The molecule has 9 nitrogen and oxygen atoms in total. The number of anilines is 1. The highest BCUT2D eigenvalue weighted by Crippen LogP contribution is 2.11. The van der Waals surface area contributed by atoms with E-state index in [9.17, 15) is 13.2 Å². The number of nitrogen functional groups attached to an aromatic ring is 1. The van der Waals surface area contributed by atoms with Crippen LogP contribution in [0, 0.1) is 0 Å². The lowest BCUT2D eigenvalue weighted by molar-refractivity contribution is -0.131. The molecule has 10 heteroatoms. The Bertz CT molecular complexity index is 806. The van der Waals surface area contributed by atoms with E-state index in [1.165, 1.54) is 18.2 Å². The lowest BCUT2D eigenvalue weighted by atomic mass is 10.2. The highest BCUT2D eigenvalue weighted by Gasteiger charge is 2.17. The van der Waals surface area contributed by atoms with Crippen molar-refractivity contribution in [1.29, 1.82) is 0 Å². The van der Waals surface area contributed by atoms with Gasteiger partial charge in [-0.05, 0) is 63.8 Å². The molecule has 1 aliphatic heterocycles. The van der Waals surface area contributed by atoms with Crippen LogP contribution >= 0.6 is 0 Å². The maximum Gasteiger partial charge on any atom is 0.328 e. The number of carboxylic acids is 1. The second kappa shape index (κ2) is 12.8. The van der Waals surface area contributed by atoms with E-state index >= 15 is 0 Å². The van der Waals surface area contributed by atoms with E-state index in [-0.39, 0.29) is 4.90 Å². The third-order valence-electron chi connectivity index (χ3n) is 5.29. The van der Waals surface area contributed by atoms with Gasteiger partial charge in [0.05, 0.1) is 4.90 Å². The van der Waals surface area contributed by atoms with E-state index in [4.69, 9.17) is 10.8 Å². The number of nitrogens with one attached hydrogen (secondary N) is 1. The molecule has 0 atom stereocenters. The highest BCUT2D eigenvalue weighted by atomic mass is 32.2. The molecule has 1 fully saturated rings. The van der Waals surface area contributed by atoms with Crippen LogP contribution in [0.25, 0.3) is 0 Å². The molecule has 1 heterocycles. The molecule has 1 aliphatic rings. The monoisotopic (exact) mass is 453 g/mol. The van der Waals surface area contributed by atoms with Gasteiger partial charge in [-0.1, -0.05) is 6.08 Å². The molecule has 0 spiro atoms. The molecule has 0 aliphatic carbocycles. The number of sulfonamides is 1. The Hall–Kier alpha value is -1.98. The summed E-state index contributed by atoms with van der Waals surface area (Å²) in [6.07, 6.45) is 4.66. The summed E-state index contributed by atoms with van der Waals surface area (Å²) in [7, 11) is -1.49. The predicted molar refractivity (Wildman–Crippen MR) is 122 cm³/mol. The zero-order valence-corrected chi connectivity index (χ0v) is 19.1. The van der Waals surface area contributed by atoms with Gasteiger partial charge in [0.15, 0.2) is 0 Å². The van der Waals surface area contributed by atoms with Crippen LogP contribution in [-0.2, 0) is 14.8 Å². The fourth-order valence-corrected chi connectivity index (χ4v) is 4.54. The van der Waals surface area contributed by atoms with Gasteiger partial charge >= 0.3 is 5.97 Å². The molecule has 174 valence electrons. The van der Waals surface area contributed by atoms with Gasteiger partial charge in [0, 0.05) is 51.0 Å². The van der Waals surface area contributed by atoms with E-state index in [2.05, 4.69) is 19.4 Å². The van der Waals surface area contributed by atoms with Crippen molar-refractivity contribution in [2.24, 2.45) is 0 Å². The van der Waals surface area contributed by atoms with Crippen LogP contribution < -0.4 is 10.5 Å². The molecule has 0 aromatic heterocycles. The first-order chi connectivity index (χ1) is 14.8. The molecular weight excluding hydrogens is 418 g/mol. The zero-order valence-electron chi connectivity index (χ0n) is 18.2. The SMILES string of the molecule is CN(C/C=C/C(=O)O)CCCN1CCN(CCCNS(=O)(=O)c2ccc(N)cc2)CC1. The second-order valence-corrected chi connectivity index (χ2v) is 9.63. The number of piperazine rings is 1. The lowest BCUT2D eigenvalue weighted by Gasteiger charge is -2.35. The smallest absolute Gasteiger partial charge is 0.328 e. The molecular formula is C21H35N5O4S. The van der Waals surface area contributed by atoms with Gasteiger partial charge in [-0.15, -0.1) is 0 Å². The molecule has 1 aromatic rings. The minimum Gasteiger partial charge on any atom is -0.478 e. The summed E-state index contributed by atoms with van der Waals surface area (Å²) in [5.74, 6) is -0.912. The maximum atomic E-state index is 12.3. The Labute approximate surface area is 185 Å². The van der Waals surface area contributed by atoms with E-state index in [0.29, 0.717) is 18.8 Å². The van der Waals surface area contributed by atoms with E-state index in [1.807, 2.05) is 7.05 Å². The zero-order chi connectivity index (χ0) is 22.7. The van der Waals surface area contributed by atoms with Crippen LogP contribution in [-0.4, -0.2) is 100 Å². The van der Waals surface area contributed by atoms with Gasteiger partial charge < -0.3 is 25.5 Å². The van der Waals surface area contributed by atoms with Crippen molar-refractivity contribution >= 4 is 21.7 Å². The van der Waals surface area contributed by atoms with Crippen molar-refractivity contribution in [1.82, 2.24) is 19.4 Å². The Morgan fingerprint density at radius 3 is 2.29 bits per heavy atom. The first-order valence-electron chi connectivity index (χ1n) is 10.6. The van der Waals surface area contributed by atoms with Crippen LogP contribution in [0.3, 0.4) is 0 Å². The normalized spacial score (nSPS) is 16.3. The number of carbonyl (C=O) groups is 1. The quantitative estimate of drug-likeness (QED) is 0.225. The van der Waals surface area contributed by atoms with Gasteiger partial charge in [-0.25, -0.2) is 17.9 Å². The number of benzene rings is 1. The summed E-state index contributed by atoms with van der Waals surface area (Å²) < 4.78 is 27.2. The number of aliphatic carboxylic acids is 1. The number of nitrogens with zero attached hydrogens (tertiary/aromatic N) is 3. The number of likely N-dealkylation sites (N-methyl/N-ethyl adjacent to an activating group) is 1. The number of hydrogen-bond acceptors (Lipinski definition) is 7. The fraction of sp³-hybridized carbons (Fsp3) is 0.571. The summed E-state index contributed by atoms with van der Waals surface area (Å²) in [5, 5.41) is 8.60. The molecule has 4 N–H and O–H groups in total.